The molecule has 112 valence electrons. The molecule has 1 saturated carbocycles. The Labute approximate surface area is 138 Å². The molecule has 5 heteroatoms. The third-order valence-corrected chi connectivity index (χ3v) is 5.27. The highest BCUT2D eigenvalue weighted by Crippen LogP contribution is 2.29. The fraction of sp³-hybridized carbons (Fsp3) is 0.500. The molecule has 0 bridgehead atoms. The van der Waals surface area contributed by atoms with Crippen LogP contribution in [0, 0.1) is 3.57 Å². The molecule has 0 radical (unpaired) electrons. The Morgan fingerprint density at radius 3 is 2.52 bits per heavy atom. The van der Waals surface area contributed by atoms with Crippen molar-refractivity contribution in [2.75, 3.05) is 5.32 Å². The molecular formula is C16H19IN2O2. The predicted molar refractivity (Wildman–Crippen MR) is 89.9 cm³/mol. The number of likely N-dealkylation sites (tertiary alicyclic amines) is 1. The second-order valence-corrected chi connectivity index (χ2v) is 6.94. The van der Waals surface area contributed by atoms with E-state index in [1.165, 1.54) is 11.3 Å². The predicted octanol–water partition coefficient (Wildman–Crippen LogP) is 3.16. The molecule has 1 aromatic carbocycles. The lowest BCUT2D eigenvalue weighted by Crippen LogP contribution is -2.43. The zero-order valence-corrected chi connectivity index (χ0v) is 14.0. The van der Waals surface area contributed by atoms with Crippen LogP contribution >= 0.6 is 22.6 Å². The number of halogens is 1. The van der Waals surface area contributed by atoms with E-state index in [1.807, 2.05) is 24.3 Å². The molecule has 1 saturated heterocycles. The number of benzene rings is 1. The topological polar surface area (TPSA) is 49.4 Å². The number of imide groups is 1. The Morgan fingerprint density at radius 1 is 1.10 bits per heavy atom. The maximum Gasteiger partial charge on any atom is 0.252 e. The van der Waals surface area contributed by atoms with Crippen LogP contribution in [0.3, 0.4) is 0 Å². The molecular weight excluding hydrogens is 379 g/mol. The minimum atomic E-state index is -0.407. The van der Waals surface area contributed by atoms with E-state index < -0.39 is 6.04 Å². The third-order valence-electron chi connectivity index (χ3n) is 4.33. The fourth-order valence-electron chi connectivity index (χ4n) is 3.25. The molecule has 1 aliphatic heterocycles. The van der Waals surface area contributed by atoms with E-state index in [2.05, 4.69) is 27.9 Å². The molecule has 3 rings (SSSR count). The first-order chi connectivity index (χ1) is 10.2. The maximum atomic E-state index is 12.6. The number of carbonyl (C=O) groups is 2. The smallest absolute Gasteiger partial charge is 0.252 e. The summed E-state index contributed by atoms with van der Waals surface area (Å²) in [5, 5.41) is 3.24. The molecule has 4 nitrogen and oxygen atoms in total. The van der Waals surface area contributed by atoms with Gasteiger partial charge in [0.2, 0.25) is 5.91 Å². The monoisotopic (exact) mass is 398 g/mol. The van der Waals surface area contributed by atoms with Gasteiger partial charge in [0.05, 0.1) is 6.42 Å². The summed E-state index contributed by atoms with van der Waals surface area (Å²) >= 11 is 2.24. The number of amides is 2. The van der Waals surface area contributed by atoms with E-state index in [4.69, 9.17) is 0 Å². The highest BCUT2D eigenvalue weighted by molar-refractivity contribution is 14.1. The Balaban J connectivity index is 1.72. The largest absolute Gasteiger partial charge is 0.372 e. The second kappa shape index (κ2) is 6.34. The third kappa shape index (κ3) is 3.07. The molecule has 1 atom stereocenters. The Kier molecular flexibility index (Phi) is 4.47. The van der Waals surface area contributed by atoms with E-state index in [9.17, 15) is 9.59 Å². The average molecular weight is 398 g/mol. The molecule has 1 N–H and O–H groups in total. The van der Waals surface area contributed by atoms with Gasteiger partial charge in [-0.15, -0.1) is 0 Å². The lowest BCUT2D eigenvalue weighted by Gasteiger charge is -2.29. The first kappa shape index (κ1) is 14.8. The van der Waals surface area contributed by atoms with Crippen molar-refractivity contribution in [2.24, 2.45) is 0 Å². The number of rotatable bonds is 3. The van der Waals surface area contributed by atoms with Crippen molar-refractivity contribution >= 4 is 40.1 Å². The molecule has 0 spiro atoms. The van der Waals surface area contributed by atoms with Gasteiger partial charge < -0.3 is 5.32 Å². The van der Waals surface area contributed by atoms with Gasteiger partial charge in [-0.05, 0) is 47.6 Å². The minimum Gasteiger partial charge on any atom is -0.372 e. The Bertz CT molecular complexity index is 555. The van der Waals surface area contributed by atoms with Crippen LogP contribution in [0.15, 0.2) is 24.3 Å². The summed E-state index contributed by atoms with van der Waals surface area (Å²) in [6.07, 6.45) is 5.67. The van der Waals surface area contributed by atoms with Gasteiger partial charge in [0.1, 0.15) is 6.04 Å². The fourth-order valence-corrected chi connectivity index (χ4v) is 3.80. The quantitative estimate of drug-likeness (QED) is 0.629. The molecule has 1 heterocycles. The van der Waals surface area contributed by atoms with Crippen LogP contribution < -0.4 is 5.32 Å². The van der Waals surface area contributed by atoms with E-state index >= 15 is 0 Å². The zero-order valence-electron chi connectivity index (χ0n) is 11.8. The van der Waals surface area contributed by atoms with Crippen LogP contribution in [-0.4, -0.2) is 28.8 Å². The van der Waals surface area contributed by atoms with E-state index in [-0.39, 0.29) is 24.3 Å². The summed E-state index contributed by atoms with van der Waals surface area (Å²) < 4.78 is 1.06. The van der Waals surface area contributed by atoms with E-state index in [0.717, 1.165) is 34.9 Å². The van der Waals surface area contributed by atoms with Gasteiger partial charge in [-0.2, -0.15) is 0 Å². The summed E-state index contributed by atoms with van der Waals surface area (Å²) in [5.41, 5.74) is 0.926. The van der Waals surface area contributed by atoms with Crippen LogP contribution in [-0.2, 0) is 9.59 Å². The zero-order chi connectivity index (χ0) is 14.8. The first-order valence-corrected chi connectivity index (χ1v) is 8.61. The van der Waals surface area contributed by atoms with E-state index in [0.29, 0.717) is 0 Å². The van der Waals surface area contributed by atoms with Gasteiger partial charge in [-0.3, -0.25) is 14.5 Å². The number of nitrogens with zero attached hydrogens (tertiary/aromatic N) is 1. The summed E-state index contributed by atoms with van der Waals surface area (Å²) in [7, 11) is 0. The first-order valence-electron chi connectivity index (χ1n) is 7.54. The molecule has 1 unspecified atom stereocenters. The van der Waals surface area contributed by atoms with Gasteiger partial charge in [-0.1, -0.05) is 31.4 Å². The van der Waals surface area contributed by atoms with Crippen LogP contribution in [0.2, 0.25) is 0 Å². The molecule has 2 aliphatic rings. The standard InChI is InChI=1S/C16H19IN2O2/c17-12-8-4-5-9-13(12)18-14-10-15(20)19(16(14)21)11-6-2-1-3-7-11/h4-5,8-9,11,14,18H,1-3,6-7,10H2. The molecule has 0 aromatic heterocycles. The lowest BCUT2D eigenvalue weighted by molar-refractivity contribution is -0.141. The number of anilines is 1. The second-order valence-electron chi connectivity index (χ2n) is 5.77. The molecule has 1 aliphatic carbocycles. The van der Waals surface area contributed by atoms with Crippen LogP contribution in [0.5, 0.6) is 0 Å². The Morgan fingerprint density at radius 2 is 1.81 bits per heavy atom. The van der Waals surface area contributed by atoms with Gasteiger partial charge in [0, 0.05) is 15.3 Å². The van der Waals surface area contributed by atoms with E-state index in [1.54, 1.807) is 0 Å². The SMILES string of the molecule is O=C1CC(Nc2ccccc2I)C(=O)N1C1CCCCC1. The molecule has 2 fully saturated rings. The molecule has 1 aromatic rings. The van der Waals surface area contributed by atoms with Gasteiger partial charge >= 0.3 is 0 Å². The summed E-state index contributed by atoms with van der Waals surface area (Å²) in [5.74, 6) is -0.0677. The summed E-state index contributed by atoms with van der Waals surface area (Å²) in [4.78, 5) is 26.3. The highest BCUT2D eigenvalue weighted by atomic mass is 127. The van der Waals surface area contributed by atoms with Gasteiger partial charge in [0.15, 0.2) is 0 Å². The summed E-state index contributed by atoms with van der Waals surface area (Å²) in [6.45, 7) is 0. The highest BCUT2D eigenvalue weighted by Gasteiger charge is 2.42. The van der Waals surface area contributed by atoms with Crippen LogP contribution in [0.4, 0.5) is 5.69 Å². The van der Waals surface area contributed by atoms with Crippen molar-refractivity contribution in [2.45, 2.75) is 50.6 Å². The van der Waals surface area contributed by atoms with Crippen molar-refractivity contribution in [3.63, 3.8) is 0 Å². The van der Waals surface area contributed by atoms with Gasteiger partial charge in [0.25, 0.3) is 5.91 Å². The number of hydrogen-bond acceptors (Lipinski definition) is 3. The lowest BCUT2D eigenvalue weighted by atomic mass is 9.94. The number of nitrogens with one attached hydrogen (secondary N) is 1. The number of hydrogen-bond donors (Lipinski definition) is 1. The van der Waals surface area contributed by atoms with Crippen molar-refractivity contribution in [1.29, 1.82) is 0 Å². The van der Waals surface area contributed by atoms with Crippen LogP contribution in [0.1, 0.15) is 38.5 Å². The van der Waals surface area contributed by atoms with Crippen molar-refractivity contribution in [1.82, 2.24) is 4.90 Å². The van der Waals surface area contributed by atoms with Gasteiger partial charge in [-0.25, -0.2) is 0 Å². The average Bonchev–Trinajstić information content (AvgIpc) is 2.77. The number of carbonyl (C=O) groups excluding carboxylic acids is 2. The molecule has 21 heavy (non-hydrogen) atoms. The normalized spacial score (nSPS) is 23.7. The molecule has 2 amide bonds. The summed E-state index contributed by atoms with van der Waals surface area (Å²) in [6, 6.07) is 7.55. The van der Waals surface area contributed by atoms with Crippen molar-refractivity contribution < 1.29 is 9.59 Å². The number of para-hydroxylation sites is 1. The van der Waals surface area contributed by atoms with Crippen LogP contribution in [0.25, 0.3) is 0 Å². The Hall–Kier alpha value is -1.11. The van der Waals surface area contributed by atoms with Crippen molar-refractivity contribution in [3.8, 4) is 0 Å². The maximum absolute atomic E-state index is 12.6. The minimum absolute atomic E-state index is 0.0182. The van der Waals surface area contributed by atoms with Crippen molar-refractivity contribution in [3.05, 3.63) is 27.8 Å².